The number of hydrogen-bond acceptors (Lipinski definition) is 12. The Kier molecular flexibility index (Phi) is 9.64. The van der Waals surface area contributed by atoms with Crippen molar-refractivity contribution in [1.82, 2.24) is 19.5 Å². The van der Waals surface area contributed by atoms with Crippen LogP contribution >= 0.6 is 0 Å². The summed E-state index contributed by atoms with van der Waals surface area (Å²) < 4.78 is 38.6. The number of aliphatic hydroxyl groups excluding tert-OH is 2. The number of aromatic nitrogens is 4. The lowest BCUT2D eigenvalue weighted by atomic mass is 10.1. The molecule has 0 amide bonds. The summed E-state index contributed by atoms with van der Waals surface area (Å²) in [7, 11) is -4.50. The molecular weight excluding hydrogens is 540 g/mol. The molecule has 1 fully saturated rings. The van der Waals surface area contributed by atoms with Gasteiger partial charge in [0.2, 0.25) is 0 Å². The van der Waals surface area contributed by atoms with Crippen LogP contribution in [-0.2, 0) is 30.5 Å². The number of rotatable bonds is 8. The Balaban J connectivity index is 0.000000304. The zero-order valence-corrected chi connectivity index (χ0v) is 22.2. The molecule has 1 saturated heterocycles. The fourth-order valence-corrected chi connectivity index (χ4v) is 5.80. The lowest BCUT2D eigenvalue weighted by Gasteiger charge is -2.16. The van der Waals surface area contributed by atoms with Crippen LogP contribution in [0.2, 0.25) is 0 Å². The predicted molar refractivity (Wildman–Crippen MR) is 138 cm³/mol. The van der Waals surface area contributed by atoms with E-state index in [9.17, 15) is 28.0 Å². The van der Waals surface area contributed by atoms with Gasteiger partial charge in [-0.2, -0.15) is 0 Å². The van der Waals surface area contributed by atoms with Gasteiger partial charge < -0.3 is 36.1 Å². The lowest BCUT2D eigenvalue weighted by Crippen LogP contribution is -2.37. The molecule has 3 heterocycles. The van der Waals surface area contributed by atoms with Gasteiger partial charge in [-0.15, -0.1) is 0 Å². The highest BCUT2D eigenvalue weighted by molar-refractivity contribution is 7.96. The van der Waals surface area contributed by atoms with Gasteiger partial charge in [0.25, 0.3) is 0 Å². The third kappa shape index (κ3) is 7.16. The Morgan fingerprint density at radius 2 is 1.87 bits per heavy atom. The van der Waals surface area contributed by atoms with Gasteiger partial charge in [-0.3, -0.25) is 9.36 Å². The number of imidazole rings is 1. The van der Waals surface area contributed by atoms with E-state index in [1.165, 1.54) is 29.4 Å². The van der Waals surface area contributed by atoms with Gasteiger partial charge in [-0.25, -0.2) is 23.4 Å². The van der Waals surface area contributed by atoms with Crippen LogP contribution in [0, 0.1) is 6.92 Å². The van der Waals surface area contributed by atoms with Crippen molar-refractivity contribution in [3.63, 3.8) is 0 Å². The zero-order chi connectivity index (χ0) is 28.2. The Bertz CT molecular complexity index is 1350. The van der Waals surface area contributed by atoms with Crippen molar-refractivity contribution in [2.45, 2.75) is 48.8 Å². The molecule has 14 nitrogen and oxygen atoms in total. The van der Waals surface area contributed by atoms with Crippen molar-refractivity contribution in [2.75, 3.05) is 23.5 Å². The summed E-state index contributed by atoms with van der Waals surface area (Å²) in [5.41, 5.74) is 13.0. The second kappa shape index (κ2) is 12.3. The smallest absolute Gasteiger partial charge is 0.320 e. The average molecular weight is 571 g/mol. The third-order valence-electron chi connectivity index (χ3n) is 5.85. The number of ether oxygens (including phenoxy) is 1. The molecule has 0 saturated carbocycles. The van der Waals surface area contributed by atoms with Crippen molar-refractivity contribution in [3.8, 4) is 0 Å². The fraction of sp³-hybridized carbons (Fsp3) is 0.455. The Hall–Kier alpha value is -2.86. The van der Waals surface area contributed by atoms with Crippen LogP contribution in [0.15, 0.2) is 41.8 Å². The number of anilines is 1. The number of carboxylic acid groups (broad SMARTS) is 1. The lowest BCUT2D eigenvalue weighted by molar-refractivity contribution is -0.138. The Labute approximate surface area is 221 Å². The molecule has 1 aliphatic rings. The highest BCUT2D eigenvalue weighted by atomic mass is 32.2. The van der Waals surface area contributed by atoms with Crippen molar-refractivity contribution in [2.24, 2.45) is 5.73 Å². The van der Waals surface area contributed by atoms with Gasteiger partial charge in [0.05, 0.1) is 17.5 Å². The molecule has 0 radical (unpaired) electrons. The molecule has 7 N–H and O–H groups in total. The minimum atomic E-state index is -4.27. The van der Waals surface area contributed by atoms with Crippen LogP contribution in [0.25, 0.3) is 11.2 Å². The van der Waals surface area contributed by atoms with Crippen molar-refractivity contribution in [1.29, 1.82) is 0 Å². The number of aliphatic hydroxyl groups is 2. The summed E-state index contributed by atoms with van der Waals surface area (Å²) in [5.74, 6) is 0.254. The number of nitrogens with two attached hydrogens (primary N) is 2. The molecule has 16 heteroatoms. The number of nitrogen functional groups attached to an aromatic ring is 1. The molecule has 1 aromatic carbocycles. The van der Waals surface area contributed by atoms with Crippen LogP contribution in [-0.4, -0.2) is 95.9 Å². The number of fused-ring (bicyclic) bond motifs is 1. The van der Waals surface area contributed by atoms with Gasteiger partial charge in [-0.1, -0.05) is 17.7 Å². The number of aliphatic carboxylic acids is 1. The molecule has 0 spiro atoms. The molecule has 0 aliphatic carbocycles. The SMILES string of the molecule is C[S+](CC[C@H](N)C(=O)O)C[C@H]1O[C@@H](n2cnc3c(N)ncnc32)[C@@H](O)[C@@H]1O.Cc1ccc(S(=O)(=O)[O-])cc1. The normalized spacial score (nSPS) is 23.0. The minimum absolute atomic E-state index is 0.178. The summed E-state index contributed by atoms with van der Waals surface area (Å²) >= 11 is 0. The Morgan fingerprint density at radius 3 is 2.47 bits per heavy atom. The maximum atomic E-state index is 10.8. The van der Waals surface area contributed by atoms with Gasteiger partial charge in [0, 0.05) is 6.42 Å². The second-order valence-electron chi connectivity index (χ2n) is 8.78. The first-order chi connectivity index (χ1) is 17.8. The van der Waals surface area contributed by atoms with E-state index in [2.05, 4.69) is 15.0 Å². The minimum Gasteiger partial charge on any atom is -0.744 e. The van der Waals surface area contributed by atoms with Crippen LogP contribution in [0.4, 0.5) is 5.82 Å². The molecule has 2 aromatic heterocycles. The number of nitrogens with zero attached hydrogens (tertiary/aromatic N) is 4. The summed E-state index contributed by atoms with van der Waals surface area (Å²) in [5, 5.41) is 29.7. The maximum Gasteiger partial charge on any atom is 0.320 e. The molecule has 208 valence electrons. The van der Waals surface area contributed by atoms with E-state index < -0.39 is 46.7 Å². The van der Waals surface area contributed by atoms with Gasteiger partial charge in [-0.05, 0) is 30.0 Å². The number of carboxylic acids is 1. The highest BCUT2D eigenvalue weighted by Crippen LogP contribution is 2.32. The van der Waals surface area contributed by atoms with Gasteiger partial charge >= 0.3 is 5.97 Å². The fourth-order valence-electron chi connectivity index (χ4n) is 3.67. The predicted octanol–water partition coefficient (Wildman–Crippen LogP) is -1.02. The van der Waals surface area contributed by atoms with E-state index >= 15 is 0 Å². The molecule has 0 bridgehead atoms. The zero-order valence-electron chi connectivity index (χ0n) is 20.6. The molecule has 4 rings (SSSR count). The van der Waals surface area contributed by atoms with E-state index in [4.69, 9.17) is 21.3 Å². The molecule has 6 atom stereocenters. The number of aryl methyl sites for hydroxylation is 1. The quantitative estimate of drug-likeness (QED) is 0.161. The van der Waals surface area contributed by atoms with E-state index in [0.29, 0.717) is 29.1 Å². The van der Waals surface area contributed by atoms with E-state index in [-0.39, 0.29) is 21.6 Å². The largest absolute Gasteiger partial charge is 0.744 e. The third-order valence-corrected chi connectivity index (χ3v) is 8.53. The van der Waals surface area contributed by atoms with Crippen LogP contribution < -0.4 is 11.5 Å². The molecule has 38 heavy (non-hydrogen) atoms. The van der Waals surface area contributed by atoms with Gasteiger partial charge in [0.1, 0.15) is 57.8 Å². The number of hydrogen-bond donors (Lipinski definition) is 5. The monoisotopic (exact) mass is 570 g/mol. The van der Waals surface area contributed by atoms with Crippen LogP contribution in [0.5, 0.6) is 0 Å². The first-order valence-corrected chi connectivity index (χ1v) is 14.7. The number of benzene rings is 1. The van der Waals surface area contributed by atoms with Crippen molar-refractivity contribution >= 4 is 44.0 Å². The van der Waals surface area contributed by atoms with E-state index in [1.54, 1.807) is 12.1 Å². The van der Waals surface area contributed by atoms with Crippen molar-refractivity contribution < 1.29 is 37.8 Å². The van der Waals surface area contributed by atoms with Crippen molar-refractivity contribution in [3.05, 3.63) is 42.5 Å². The maximum absolute atomic E-state index is 10.8. The van der Waals surface area contributed by atoms with Crippen LogP contribution in [0.3, 0.4) is 0 Å². The summed E-state index contributed by atoms with van der Waals surface area (Å²) in [6, 6.07) is 4.88. The second-order valence-corrected chi connectivity index (χ2v) is 12.5. The average Bonchev–Trinajstić information content (AvgIpc) is 3.40. The summed E-state index contributed by atoms with van der Waals surface area (Å²) in [6.07, 6.45) is 1.31. The Morgan fingerprint density at radius 1 is 1.21 bits per heavy atom. The molecule has 1 unspecified atom stereocenters. The van der Waals surface area contributed by atoms with E-state index in [1.807, 2.05) is 13.2 Å². The molecule has 3 aromatic rings. The van der Waals surface area contributed by atoms with Crippen LogP contribution in [0.1, 0.15) is 18.2 Å². The summed E-state index contributed by atoms with van der Waals surface area (Å²) in [6.45, 7) is 1.82. The first kappa shape index (κ1) is 29.7. The number of carbonyl (C=O) groups is 1. The highest BCUT2D eigenvalue weighted by Gasteiger charge is 2.46. The van der Waals surface area contributed by atoms with E-state index in [0.717, 1.165) is 5.56 Å². The summed E-state index contributed by atoms with van der Waals surface area (Å²) in [4.78, 5) is 22.8. The standard InChI is InChI=1S/C15H22N6O5S.C7H8O3S/c1-27(3-2-7(16)15(24)25)4-8-10(22)11(23)14(26-8)21-6-20-9-12(17)18-5-19-13(9)21;1-6-2-4-7(5-3-6)11(8,9)10/h5-8,10-11,14,22-23H,2-4,16H2,1H3,(H2-,17,18,19,24,25);2-5H,1H3,(H,8,9,10)/t7-,8+,10+,11-,14+,27?;/m0./s1. The van der Waals surface area contributed by atoms with Gasteiger partial charge in [0.15, 0.2) is 17.7 Å². The topological polar surface area (TPSA) is 240 Å². The molecule has 1 aliphatic heterocycles. The molecular formula is C22H30N6O8S2. The first-order valence-electron chi connectivity index (χ1n) is 11.3.